The molecule has 1 aromatic heterocycles. The Morgan fingerprint density at radius 3 is 2.82 bits per heavy atom. The van der Waals surface area contributed by atoms with Gasteiger partial charge in [-0.3, -0.25) is 0 Å². The third-order valence-electron chi connectivity index (χ3n) is 2.99. The molecule has 7 heteroatoms. The molecule has 1 aliphatic heterocycles. The van der Waals surface area contributed by atoms with E-state index in [0.717, 1.165) is 17.8 Å². The SMILES string of the molecule is Cc1csc(S(=O)(=O)N2CCC[C@H]2CO)c1O. The monoisotopic (exact) mass is 277 g/mol. The van der Waals surface area contributed by atoms with Gasteiger partial charge in [-0.1, -0.05) is 0 Å². The fraction of sp³-hybridized carbons (Fsp3) is 0.600. The molecule has 1 atom stereocenters. The van der Waals surface area contributed by atoms with Crippen molar-refractivity contribution in [2.24, 2.45) is 0 Å². The first-order valence-corrected chi connectivity index (χ1v) is 7.70. The molecular weight excluding hydrogens is 262 g/mol. The summed E-state index contributed by atoms with van der Waals surface area (Å²) in [5.41, 5.74) is 0.563. The Morgan fingerprint density at radius 1 is 1.59 bits per heavy atom. The lowest BCUT2D eigenvalue weighted by atomic mass is 10.2. The van der Waals surface area contributed by atoms with E-state index in [4.69, 9.17) is 5.11 Å². The minimum Gasteiger partial charge on any atom is -0.505 e. The van der Waals surface area contributed by atoms with Crippen LogP contribution >= 0.6 is 11.3 Å². The zero-order valence-corrected chi connectivity index (χ0v) is 11.1. The number of aryl methyl sites for hydroxylation is 1. The number of hydrogen-bond donors (Lipinski definition) is 2. The molecule has 0 bridgehead atoms. The van der Waals surface area contributed by atoms with Gasteiger partial charge in [0.05, 0.1) is 6.61 Å². The van der Waals surface area contributed by atoms with Crippen LogP contribution < -0.4 is 0 Å². The molecule has 0 spiro atoms. The zero-order valence-electron chi connectivity index (χ0n) is 9.46. The molecule has 2 heterocycles. The van der Waals surface area contributed by atoms with Crippen molar-refractivity contribution in [2.75, 3.05) is 13.2 Å². The van der Waals surface area contributed by atoms with Crippen molar-refractivity contribution in [2.45, 2.75) is 30.0 Å². The normalized spacial score (nSPS) is 22.1. The van der Waals surface area contributed by atoms with Crippen molar-refractivity contribution in [3.8, 4) is 5.75 Å². The third kappa shape index (κ3) is 2.08. The zero-order chi connectivity index (χ0) is 12.6. The van der Waals surface area contributed by atoms with Crippen molar-refractivity contribution < 1.29 is 18.6 Å². The quantitative estimate of drug-likeness (QED) is 0.861. The van der Waals surface area contributed by atoms with Crippen LogP contribution in [0.2, 0.25) is 0 Å². The second-order valence-corrected chi connectivity index (χ2v) is 7.11. The van der Waals surface area contributed by atoms with Crippen LogP contribution in [0.5, 0.6) is 5.75 Å². The minimum absolute atomic E-state index is 0.0182. The largest absolute Gasteiger partial charge is 0.505 e. The molecule has 1 fully saturated rings. The maximum Gasteiger partial charge on any atom is 0.256 e. The Kier molecular flexibility index (Phi) is 3.44. The van der Waals surface area contributed by atoms with Crippen LogP contribution in [0, 0.1) is 6.92 Å². The molecule has 2 rings (SSSR count). The molecule has 1 aliphatic rings. The summed E-state index contributed by atoms with van der Waals surface area (Å²) in [6.45, 7) is 1.90. The molecule has 0 amide bonds. The first-order chi connectivity index (χ1) is 7.98. The van der Waals surface area contributed by atoms with Gasteiger partial charge in [0.1, 0.15) is 5.75 Å². The first-order valence-electron chi connectivity index (χ1n) is 5.38. The molecule has 1 saturated heterocycles. The molecule has 1 aromatic rings. The molecule has 0 radical (unpaired) electrons. The summed E-state index contributed by atoms with van der Waals surface area (Å²) in [6, 6.07) is -0.359. The van der Waals surface area contributed by atoms with Crippen LogP contribution in [0.25, 0.3) is 0 Å². The summed E-state index contributed by atoms with van der Waals surface area (Å²) in [7, 11) is -3.67. The topological polar surface area (TPSA) is 77.8 Å². The summed E-state index contributed by atoms with van der Waals surface area (Å²) >= 11 is 1.02. The Balaban J connectivity index is 2.40. The molecule has 0 aliphatic carbocycles. The summed E-state index contributed by atoms with van der Waals surface area (Å²) in [6.07, 6.45) is 1.41. The number of aromatic hydroxyl groups is 1. The minimum atomic E-state index is -3.67. The van der Waals surface area contributed by atoms with Gasteiger partial charge in [0, 0.05) is 18.2 Å². The fourth-order valence-corrected chi connectivity index (χ4v) is 5.15. The van der Waals surface area contributed by atoms with E-state index in [-0.39, 0.29) is 22.6 Å². The van der Waals surface area contributed by atoms with Crippen molar-refractivity contribution in [3.05, 3.63) is 10.9 Å². The van der Waals surface area contributed by atoms with Gasteiger partial charge >= 0.3 is 0 Å². The average Bonchev–Trinajstić information content (AvgIpc) is 2.87. The molecule has 17 heavy (non-hydrogen) atoms. The molecule has 96 valence electrons. The van der Waals surface area contributed by atoms with Gasteiger partial charge in [0.2, 0.25) is 0 Å². The summed E-state index contributed by atoms with van der Waals surface area (Å²) in [5.74, 6) is -0.168. The maximum atomic E-state index is 12.3. The average molecular weight is 277 g/mol. The molecule has 0 unspecified atom stereocenters. The Hall–Kier alpha value is -0.630. The number of nitrogens with zero attached hydrogens (tertiary/aromatic N) is 1. The van der Waals surface area contributed by atoms with E-state index in [0.29, 0.717) is 18.5 Å². The van der Waals surface area contributed by atoms with Crippen molar-refractivity contribution >= 4 is 21.4 Å². The number of rotatable bonds is 3. The second kappa shape index (κ2) is 4.56. The Morgan fingerprint density at radius 2 is 2.29 bits per heavy atom. The predicted octanol–water partition coefficient (Wildman–Crippen LogP) is 0.908. The number of hydrogen-bond acceptors (Lipinski definition) is 5. The number of aliphatic hydroxyl groups is 1. The highest BCUT2D eigenvalue weighted by atomic mass is 32.2. The number of thiophene rings is 1. The molecule has 0 aromatic carbocycles. The first kappa shape index (κ1) is 12.8. The summed E-state index contributed by atoms with van der Waals surface area (Å²) in [4.78, 5) is 0. The van der Waals surface area contributed by atoms with Crippen molar-refractivity contribution in [1.29, 1.82) is 0 Å². The van der Waals surface area contributed by atoms with E-state index in [2.05, 4.69) is 0 Å². The van der Waals surface area contributed by atoms with E-state index in [1.54, 1.807) is 12.3 Å². The standard InChI is InChI=1S/C10H15NO4S2/c1-7-6-16-10(9(7)13)17(14,15)11-4-2-3-8(11)5-12/h6,8,12-13H,2-5H2,1H3/t8-/m0/s1. The van der Waals surface area contributed by atoms with Crippen LogP contribution in [0.1, 0.15) is 18.4 Å². The number of sulfonamides is 1. The predicted molar refractivity (Wildman–Crippen MR) is 64.7 cm³/mol. The summed E-state index contributed by atoms with van der Waals surface area (Å²) in [5, 5.41) is 20.5. The second-order valence-electron chi connectivity index (χ2n) is 4.15. The smallest absolute Gasteiger partial charge is 0.256 e. The maximum absolute atomic E-state index is 12.3. The lowest BCUT2D eigenvalue weighted by Crippen LogP contribution is -2.37. The Labute approximate surface area is 104 Å². The van der Waals surface area contributed by atoms with E-state index in [9.17, 15) is 13.5 Å². The number of aliphatic hydroxyl groups excluding tert-OH is 1. The van der Waals surface area contributed by atoms with Gasteiger partial charge in [0.15, 0.2) is 4.21 Å². The van der Waals surface area contributed by atoms with Gasteiger partial charge in [-0.05, 0) is 25.1 Å². The molecular formula is C10H15NO4S2. The van der Waals surface area contributed by atoms with Gasteiger partial charge in [0.25, 0.3) is 10.0 Å². The van der Waals surface area contributed by atoms with Gasteiger partial charge < -0.3 is 10.2 Å². The van der Waals surface area contributed by atoms with Crippen molar-refractivity contribution in [3.63, 3.8) is 0 Å². The van der Waals surface area contributed by atoms with Crippen LogP contribution in [-0.4, -0.2) is 42.1 Å². The van der Waals surface area contributed by atoms with Gasteiger partial charge in [-0.25, -0.2) is 8.42 Å². The fourth-order valence-electron chi connectivity index (χ4n) is 2.01. The highest BCUT2D eigenvalue weighted by Crippen LogP contribution is 2.37. The highest BCUT2D eigenvalue weighted by molar-refractivity contribution is 7.91. The lowest BCUT2D eigenvalue weighted by molar-refractivity contribution is 0.213. The van der Waals surface area contributed by atoms with Crippen LogP contribution in [0.15, 0.2) is 9.59 Å². The van der Waals surface area contributed by atoms with Gasteiger partial charge in [-0.2, -0.15) is 4.31 Å². The van der Waals surface area contributed by atoms with E-state index >= 15 is 0 Å². The molecule has 0 saturated carbocycles. The van der Waals surface area contributed by atoms with Crippen molar-refractivity contribution in [1.82, 2.24) is 4.31 Å². The lowest BCUT2D eigenvalue weighted by Gasteiger charge is -2.21. The van der Waals surface area contributed by atoms with E-state index in [1.807, 2.05) is 0 Å². The van der Waals surface area contributed by atoms with E-state index < -0.39 is 10.0 Å². The molecule has 5 nitrogen and oxygen atoms in total. The summed E-state index contributed by atoms with van der Waals surface area (Å²) < 4.78 is 25.9. The van der Waals surface area contributed by atoms with Gasteiger partial charge in [-0.15, -0.1) is 11.3 Å². The van der Waals surface area contributed by atoms with Crippen LogP contribution in [-0.2, 0) is 10.0 Å². The van der Waals surface area contributed by atoms with Crippen LogP contribution in [0.4, 0.5) is 0 Å². The molecule has 2 N–H and O–H groups in total. The highest BCUT2D eigenvalue weighted by Gasteiger charge is 2.37. The van der Waals surface area contributed by atoms with Crippen LogP contribution in [0.3, 0.4) is 0 Å². The van der Waals surface area contributed by atoms with E-state index in [1.165, 1.54) is 4.31 Å². The Bertz CT molecular complexity index is 508. The third-order valence-corrected chi connectivity index (χ3v) is 6.55.